The monoisotopic (exact) mass is 437 g/mol. The number of sulfonamides is 1. The normalized spacial score (nSPS) is 27.9. The number of nitrogens with zero attached hydrogens (tertiary/aromatic N) is 2. The van der Waals surface area contributed by atoms with Crippen LogP contribution in [0.2, 0.25) is 0 Å². The molecule has 1 aromatic rings. The molecule has 3 saturated heterocycles. The van der Waals surface area contributed by atoms with Crippen molar-refractivity contribution in [3.8, 4) is 0 Å². The van der Waals surface area contributed by atoms with E-state index >= 15 is 0 Å². The molecule has 4 rings (SSSR count). The van der Waals surface area contributed by atoms with Gasteiger partial charge < -0.3 is 10.2 Å². The maximum Gasteiger partial charge on any atom is 0.248 e. The molecular weight excluding hydrogens is 410 g/mol. The van der Waals surface area contributed by atoms with E-state index in [1.807, 2.05) is 13.8 Å². The predicted molar refractivity (Wildman–Crippen MR) is 113 cm³/mol. The van der Waals surface area contributed by atoms with Gasteiger partial charge in [-0.25, -0.2) is 8.42 Å². The van der Waals surface area contributed by atoms with Crippen LogP contribution in [0.1, 0.15) is 44.6 Å². The molecule has 29 heavy (non-hydrogen) atoms. The van der Waals surface area contributed by atoms with Crippen LogP contribution in [0, 0.1) is 6.92 Å². The van der Waals surface area contributed by atoms with Crippen molar-refractivity contribution >= 4 is 39.3 Å². The summed E-state index contributed by atoms with van der Waals surface area (Å²) in [5, 5.41) is 2.89. The van der Waals surface area contributed by atoms with Crippen LogP contribution in [-0.2, 0) is 19.6 Å². The van der Waals surface area contributed by atoms with Gasteiger partial charge in [-0.15, -0.1) is 11.8 Å². The van der Waals surface area contributed by atoms with Gasteiger partial charge in [-0.05, 0) is 50.8 Å². The lowest BCUT2D eigenvalue weighted by Crippen LogP contribution is -2.48. The lowest BCUT2D eigenvalue weighted by Gasteiger charge is -2.30. The van der Waals surface area contributed by atoms with E-state index < -0.39 is 16.1 Å². The van der Waals surface area contributed by atoms with Crippen LogP contribution in [0.15, 0.2) is 23.1 Å². The molecule has 2 unspecified atom stereocenters. The molecule has 9 heteroatoms. The van der Waals surface area contributed by atoms with Crippen molar-refractivity contribution < 1.29 is 18.0 Å². The van der Waals surface area contributed by atoms with Crippen LogP contribution in [0.5, 0.6) is 0 Å². The number of rotatable bonds is 4. The van der Waals surface area contributed by atoms with Gasteiger partial charge in [0.05, 0.1) is 9.77 Å². The van der Waals surface area contributed by atoms with Gasteiger partial charge >= 0.3 is 0 Å². The Labute approximate surface area is 176 Å². The minimum Gasteiger partial charge on any atom is -0.324 e. The molecule has 0 radical (unpaired) electrons. The first-order valence-electron chi connectivity index (χ1n) is 10.1. The van der Waals surface area contributed by atoms with Gasteiger partial charge in [0.2, 0.25) is 21.8 Å². The second-order valence-electron chi connectivity index (χ2n) is 8.20. The maximum absolute atomic E-state index is 13.0. The molecule has 7 nitrogen and oxygen atoms in total. The molecule has 158 valence electrons. The van der Waals surface area contributed by atoms with Gasteiger partial charge in [0.25, 0.3) is 0 Å². The molecule has 2 atom stereocenters. The maximum atomic E-state index is 13.0. The number of hydrogen-bond donors (Lipinski definition) is 1. The molecule has 0 aliphatic carbocycles. The molecular formula is C20H27N3O4S2. The van der Waals surface area contributed by atoms with Crippen molar-refractivity contribution in [2.45, 2.75) is 61.8 Å². The fourth-order valence-electron chi connectivity index (χ4n) is 4.38. The Kier molecular flexibility index (Phi) is 5.41. The summed E-state index contributed by atoms with van der Waals surface area (Å²) >= 11 is 1.64. The van der Waals surface area contributed by atoms with E-state index in [1.165, 1.54) is 4.31 Å². The number of fused-ring (bicyclic) bond motifs is 1. The van der Waals surface area contributed by atoms with Crippen molar-refractivity contribution in [1.82, 2.24) is 9.21 Å². The highest BCUT2D eigenvalue weighted by Crippen LogP contribution is 2.47. The minimum absolute atomic E-state index is 0.01000. The average Bonchev–Trinajstić information content (AvgIpc) is 3.20. The van der Waals surface area contributed by atoms with Crippen molar-refractivity contribution in [2.75, 3.05) is 24.2 Å². The first-order chi connectivity index (χ1) is 13.7. The molecule has 0 aromatic heterocycles. The zero-order valence-corrected chi connectivity index (χ0v) is 18.4. The Morgan fingerprint density at radius 2 is 1.97 bits per heavy atom. The largest absolute Gasteiger partial charge is 0.324 e. The number of amides is 2. The molecule has 1 N–H and O–H groups in total. The highest BCUT2D eigenvalue weighted by atomic mass is 32.2. The van der Waals surface area contributed by atoms with E-state index in [2.05, 4.69) is 5.32 Å². The van der Waals surface area contributed by atoms with Crippen molar-refractivity contribution in [3.63, 3.8) is 0 Å². The van der Waals surface area contributed by atoms with Gasteiger partial charge in [0, 0.05) is 31.0 Å². The number of benzene rings is 1. The van der Waals surface area contributed by atoms with Gasteiger partial charge in [-0.3, -0.25) is 9.59 Å². The Balaban J connectivity index is 1.56. The molecule has 0 saturated carbocycles. The van der Waals surface area contributed by atoms with Crippen LogP contribution in [0.25, 0.3) is 0 Å². The third-order valence-corrected chi connectivity index (χ3v) is 9.57. The second-order valence-corrected chi connectivity index (χ2v) is 11.6. The second kappa shape index (κ2) is 7.59. The van der Waals surface area contributed by atoms with Crippen LogP contribution in [0.3, 0.4) is 0 Å². The number of thioether (sulfide) groups is 1. The number of piperidine rings is 1. The van der Waals surface area contributed by atoms with Gasteiger partial charge in [0.15, 0.2) is 0 Å². The summed E-state index contributed by atoms with van der Waals surface area (Å²) in [7, 11) is -3.58. The summed E-state index contributed by atoms with van der Waals surface area (Å²) in [5.41, 5.74) is 1.27. The van der Waals surface area contributed by atoms with Gasteiger partial charge in [0.1, 0.15) is 6.04 Å². The van der Waals surface area contributed by atoms with Gasteiger partial charge in [-0.2, -0.15) is 4.31 Å². The minimum atomic E-state index is -3.58. The molecule has 1 aromatic carbocycles. The standard InChI is InChI=1S/C20H27N3O4S2/c1-14-6-7-15(29(26,27)22-10-4-3-5-11-22)12-16(14)21-19(25)17-13-28-20(2)9-8-18(24)23(17)20/h6-7,12,17H,3-5,8-11,13H2,1-2H3,(H,21,25). The lowest BCUT2D eigenvalue weighted by molar-refractivity contribution is -0.135. The third kappa shape index (κ3) is 3.68. The zero-order chi connectivity index (χ0) is 20.8. The molecule has 3 heterocycles. The van der Waals surface area contributed by atoms with Crippen LogP contribution in [0.4, 0.5) is 5.69 Å². The predicted octanol–water partition coefficient (Wildman–Crippen LogP) is 2.56. The summed E-state index contributed by atoms with van der Waals surface area (Å²) in [6.07, 6.45) is 4.01. The Bertz CT molecular complexity index is 943. The number of aryl methyl sites for hydroxylation is 1. The molecule has 2 amide bonds. The summed E-state index contributed by atoms with van der Waals surface area (Å²) in [4.78, 5) is 26.9. The highest BCUT2D eigenvalue weighted by Gasteiger charge is 2.52. The van der Waals surface area contributed by atoms with Crippen molar-refractivity contribution in [1.29, 1.82) is 0 Å². The van der Waals surface area contributed by atoms with E-state index in [-0.39, 0.29) is 21.6 Å². The van der Waals surface area contributed by atoms with E-state index in [0.717, 1.165) is 31.2 Å². The van der Waals surface area contributed by atoms with E-state index in [9.17, 15) is 18.0 Å². The van der Waals surface area contributed by atoms with E-state index in [1.54, 1.807) is 34.9 Å². The highest BCUT2D eigenvalue weighted by molar-refractivity contribution is 8.01. The number of nitrogens with one attached hydrogen (secondary N) is 1. The fourth-order valence-corrected chi connectivity index (χ4v) is 7.36. The summed E-state index contributed by atoms with van der Waals surface area (Å²) in [6, 6.07) is 4.34. The Hall–Kier alpha value is -1.58. The molecule has 0 spiro atoms. The lowest BCUT2D eigenvalue weighted by atomic mass is 10.1. The SMILES string of the molecule is Cc1ccc(S(=O)(=O)N2CCCCC2)cc1NC(=O)C1CSC2(C)CCC(=O)N12. The van der Waals surface area contributed by atoms with Crippen LogP contribution in [-0.4, -0.2) is 59.2 Å². The summed E-state index contributed by atoms with van der Waals surface area (Å²) in [5.74, 6) is 0.307. The molecule has 0 bridgehead atoms. The summed E-state index contributed by atoms with van der Waals surface area (Å²) < 4.78 is 27.5. The first kappa shape index (κ1) is 20.7. The quantitative estimate of drug-likeness (QED) is 0.782. The number of hydrogen-bond acceptors (Lipinski definition) is 5. The summed E-state index contributed by atoms with van der Waals surface area (Å²) in [6.45, 7) is 4.91. The van der Waals surface area contributed by atoms with Gasteiger partial charge in [-0.1, -0.05) is 12.5 Å². The van der Waals surface area contributed by atoms with Crippen molar-refractivity contribution in [3.05, 3.63) is 23.8 Å². The zero-order valence-electron chi connectivity index (χ0n) is 16.8. The third-order valence-electron chi connectivity index (χ3n) is 6.17. The van der Waals surface area contributed by atoms with Crippen LogP contribution < -0.4 is 5.32 Å². The van der Waals surface area contributed by atoms with Crippen LogP contribution >= 0.6 is 11.8 Å². The Morgan fingerprint density at radius 3 is 2.69 bits per heavy atom. The molecule has 3 fully saturated rings. The van der Waals surface area contributed by atoms with Crippen molar-refractivity contribution in [2.24, 2.45) is 0 Å². The first-order valence-corrected chi connectivity index (χ1v) is 12.5. The average molecular weight is 438 g/mol. The number of anilines is 1. The molecule has 3 aliphatic rings. The smallest absolute Gasteiger partial charge is 0.248 e. The topological polar surface area (TPSA) is 86.8 Å². The number of carbonyl (C=O) groups is 2. The fraction of sp³-hybridized carbons (Fsp3) is 0.600. The van der Waals surface area contributed by atoms with E-state index in [4.69, 9.17) is 0 Å². The molecule has 3 aliphatic heterocycles. The van der Waals surface area contributed by atoms with E-state index in [0.29, 0.717) is 31.0 Å². The Morgan fingerprint density at radius 1 is 1.24 bits per heavy atom. The number of carbonyl (C=O) groups excluding carboxylic acids is 2.